The summed E-state index contributed by atoms with van der Waals surface area (Å²) >= 11 is 1.46. The molecule has 0 unspecified atom stereocenters. The van der Waals surface area contributed by atoms with Crippen LogP contribution in [0.5, 0.6) is 5.75 Å². The van der Waals surface area contributed by atoms with Gasteiger partial charge in [-0.25, -0.2) is 8.42 Å². The van der Waals surface area contributed by atoms with Gasteiger partial charge in [-0.05, 0) is 55.1 Å². The van der Waals surface area contributed by atoms with E-state index < -0.39 is 27.5 Å². The molecule has 0 bridgehead atoms. The molecule has 2 aromatic carbocycles. The Morgan fingerprint density at radius 2 is 1.75 bits per heavy atom. The summed E-state index contributed by atoms with van der Waals surface area (Å²) in [6.07, 6.45) is 0. The molecule has 1 aromatic heterocycles. The van der Waals surface area contributed by atoms with Crippen molar-refractivity contribution in [2.75, 3.05) is 6.61 Å². The van der Waals surface area contributed by atoms with E-state index in [0.717, 1.165) is 10.4 Å². The van der Waals surface area contributed by atoms with Crippen molar-refractivity contribution in [3.05, 3.63) is 92.7 Å². The molecule has 0 spiro atoms. The Bertz CT molecular complexity index is 1240. The molecular weight excluding hydrogens is 446 g/mol. The van der Waals surface area contributed by atoms with Crippen LogP contribution in [0.2, 0.25) is 0 Å². The topological polar surface area (TPSA) is 83.9 Å². The number of sulfone groups is 1. The zero-order chi connectivity index (χ0) is 22.9. The number of rotatable bonds is 7. The molecule has 0 fully saturated rings. The predicted octanol–water partition coefficient (Wildman–Crippen LogP) is 4.78. The Labute approximate surface area is 191 Å². The number of aryl methyl sites for hydroxylation is 1. The van der Waals surface area contributed by atoms with E-state index in [4.69, 9.17) is 4.74 Å². The van der Waals surface area contributed by atoms with Gasteiger partial charge in [0.05, 0.1) is 24.1 Å². The van der Waals surface area contributed by atoms with Crippen molar-refractivity contribution in [3.8, 4) is 5.75 Å². The van der Waals surface area contributed by atoms with Gasteiger partial charge in [0.15, 0.2) is 5.76 Å². The minimum absolute atomic E-state index is 0.0337. The van der Waals surface area contributed by atoms with E-state index >= 15 is 0 Å². The zero-order valence-electron chi connectivity index (χ0n) is 17.7. The van der Waals surface area contributed by atoms with Crippen molar-refractivity contribution < 1.29 is 23.1 Å². The number of ether oxygens (including phenoxy) is 1. The maximum Gasteiger partial charge on any atom is 0.290 e. The molecule has 1 aliphatic heterocycles. The van der Waals surface area contributed by atoms with Crippen LogP contribution >= 0.6 is 11.3 Å². The molecule has 166 valence electrons. The number of amides is 1. The lowest BCUT2D eigenvalue weighted by Gasteiger charge is -2.26. The van der Waals surface area contributed by atoms with Gasteiger partial charge in [-0.3, -0.25) is 4.79 Å². The number of aliphatic hydroxyl groups is 1. The van der Waals surface area contributed by atoms with Crippen molar-refractivity contribution in [2.24, 2.45) is 0 Å². The average molecular weight is 470 g/mol. The first-order valence-corrected chi connectivity index (χ1v) is 12.5. The van der Waals surface area contributed by atoms with Gasteiger partial charge in [0.2, 0.25) is 9.84 Å². The molecule has 1 N–H and O–H groups in total. The molecule has 6 nitrogen and oxygen atoms in total. The highest BCUT2D eigenvalue weighted by Crippen LogP contribution is 2.43. The fourth-order valence-electron chi connectivity index (χ4n) is 3.73. The molecular formula is C24H23NO5S2. The van der Waals surface area contributed by atoms with E-state index in [0.29, 0.717) is 17.9 Å². The van der Waals surface area contributed by atoms with Gasteiger partial charge in [0, 0.05) is 4.88 Å². The number of benzene rings is 2. The van der Waals surface area contributed by atoms with Gasteiger partial charge in [-0.15, -0.1) is 11.3 Å². The van der Waals surface area contributed by atoms with Gasteiger partial charge in [0.25, 0.3) is 5.91 Å². The Morgan fingerprint density at radius 3 is 2.34 bits per heavy atom. The molecule has 1 aliphatic rings. The lowest BCUT2D eigenvalue weighted by Crippen LogP contribution is -2.30. The van der Waals surface area contributed by atoms with Gasteiger partial charge in [0.1, 0.15) is 10.7 Å². The quantitative estimate of drug-likeness (QED) is 0.538. The molecule has 1 amide bonds. The van der Waals surface area contributed by atoms with E-state index in [9.17, 15) is 18.3 Å². The summed E-state index contributed by atoms with van der Waals surface area (Å²) < 4.78 is 32.7. The molecule has 8 heteroatoms. The molecule has 0 saturated heterocycles. The third kappa shape index (κ3) is 4.03. The normalized spacial score (nSPS) is 16.6. The van der Waals surface area contributed by atoms with Gasteiger partial charge >= 0.3 is 0 Å². The van der Waals surface area contributed by atoms with Gasteiger partial charge in [-0.1, -0.05) is 35.9 Å². The van der Waals surface area contributed by atoms with Crippen LogP contribution in [0.4, 0.5) is 0 Å². The van der Waals surface area contributed by atoms with Crippen molar-refractivity contribution >= 4 is 27.1 Å². The van der Waals surface area contributed by atoms with Crippen molar-refractivity contribution in [2.45, 2.75) is 31.3 Å². The minimum Gasteiger partial charge on any atom is -0.502 e. The van der Waals surface area contributed by atoms with Crippen LogP contribution in [-0.4, -0.2) is 30.9 Å². The van der Waals surface area contributed by atoms with E-state index in [1.165, 1.54) is 28.4 Å². The molecule has 2 heterocycles. The van der Waals surface area contributed by atoms with Gasteiger partial charge < -0.3 is 14.7 Å². The summed E-state index contributed by atoms with van der Waals surface area (Å²) in [4.78, 5) is 15.1. The third-order valence-electron chi connectivity index (χ3n) is 5.29. The maximum atomic E-state index is 13.6. The number of hydrogen-bond acceptors (Lipinski definition) is 6. The number of carbonyl (C=O) groups is 1. The number of thiophene rings is 1. The van der Waals surface area contributed by atoms with Crippen molar-refractivity contribution in [1.29, 1.82) is 0 Å². The van der Waals surface area contributed by atoms with Crippen LogP contribution < -0.4 is 4.74 Å². The molecule has 1 atom stereocenters. The lowest BCUT2D eigenvalue weighted by molar-refractivity contribution is -0.130. The third-order valence-corrected chi connectivity index (χ3v) is 8.04. The lowest BCUT2D eigenvalue weighted by atomic mass is 10.1. The van der Waals surface area contributed by atoms with E-state index in [2.05, 4.69) is 0 Å². The van der Waals surface area contributed by atoms with E-state index in [1.54, 1.807) is 36.4 Å². The SMILES string of the molecule is CCOc1ccc([C@@H]2C(S(=O)(=O)c3ccc(C)cc3)=C(O)C(=O)N2Cc2cccs2)cc1. The first-order valence-electron chi connectivity index (χ1n) is 10.1. The van der Waals surface area contributed by atoms with Crippen LogP contribution in [-0.2, 0) is 21.2 Å². The fourth-order valence-corrected chi connectivity index (χ4v) is 6.08. The van der Waals surface area contributed by atoms with E-state index in [-0.39, 0.29) is 16.3 Å². The second-order valence-corrected chi connectivity index (χ2v) is 10.4. The molecule has 0 aliphatic carbocycles. The summed E-state index contributed by atoms with van der Waals surface area (Å²) in [7, 11) is -4.13. The number of aliphatic hydroxyl groups excluding tert-OH is 1. The monoisotopic (exact) mass is 469 g/mol. The average Bonchev–Trinajstić information content (AvgIpc) is 3.37. The molecule has 4 rings (SSSR count). The summed E-state index contributed by atoms with van der Waals surface area (Å²) in [6, 6.07) is 16.1. The molecule has 0 saturated carbocycles. The minimum atomic E-state index is -4.13. The Morgan fingerprint density at radius 1 is 1.06 bits per heavy atom. The highest BCUT2D eigenvalue weighted by molar-refractivity contribution is 7.95. The maximum absolute atomic E-state index is 13.6. The van der Waals surface area contributed by atoms with Crippen LogP contribution in [0.15, 0.2) is 81.6 Å². The predicted molar refractivity (Wildman–Crippen MR) is 123 cm³/mol. The first-order chi connectivity index (χ1) is 15.3. The fraction of sp³-hybridized carbons (Fsp3) is 0.208. The number of hydrogen-bond donors (Lipinski definition) is 1. The first kappa shape index (κ1) is 22.1. The summed E-state index contributed by atoms with van der Waals surface area (Å²) in [5, 5.41) is 12.7. The van der Waals surface area contributed by atoms with Crippen LogP contribution in [0, 0.1) is 6.92 Å². The van der Waals surface area contributed by atoms with E-state index in [1.807, 2.05) is 31.4 Å². The smallest absolute Gasteiger partial charge is 0.290 e. The summed E-state index contributed by atoms with van der Waals surface area (Å²) in [5.74, 6) is -0.800. The molecule has 0 radical (unpaired) electrons. The second kappa shape index (κ2) is 8.80. The largest absolute Gasteiger partial charge is 0.502 e. The summed E-state index contributed by atoms with van der Waals surface area (Å²) in [5.41, 5.74) is 1.49. The van der Waals surface area contributed by atoms with Crippen LogP contribution in [0.25, 0.3) is 0 Å². The van der Waals surface area contributed by atoms with Crippen molar-refractivity contribution in [3.63, 3.8) is 0 Å². The van der Waals surface area contributed by atoms with Crippen molar-refractivity contribution in [1.82, 2.24) is 4.90 Å². The highest BCUT2D eigenvalue weighted by atomic mass is 32.2. The second-order valence-electron chi connectivity index (χ2n) is 7.45. The molecule has 32 heavy (non-hydrogen) atoms. The number of carbonyl (C=O) groups excluding carboxylic acids is 1. The number of nitrogens with zero attached hydrogens (tertiary/aromatic N) is 1. The Kier molecular flexibility index (Phi) is 6.08. The Hall–Kier alpha value is -3.10. The van der Waals surface area contributed by atoms with Gasteiger partial charge in [-0.2, -0.15) is 0 Å². The molecule has 3 aromatic rings. The highest BCUT2D eigenvalue weighted by Gasteiger charge is 2.46. The zero-order valence-corrected chi connectivity index (χ0v) is 19.3. The van der Waals surface area contributed by atoms with Crippen LogP contribution in [0.3, 0.4) is 0 Å². The standard InChI is InChI=1S/C24H23NO5S2/c1-3-30-18-10-8-17(9-11-18)21-23(32(28,29)20-12-6-16(2)7-13-20)22(26)24(27)25(21)15-19-5-4-14-31-19/h4-14,21,26H,3,15H2,1-2H3/t21-/m1/s1. The Balaban J connectivity index is 1.83. The van der Waals surface area contributed by atoms with Crippen LogP contribution in [0.1, 0.15) is 29.0 Å². The summed E-state index contributed by atoms with van der Waals surface area (Å²) in [6.45, 7) is 4.42.